The Morgan fingerprint density at radius 3 is 2.25 bits per heavy atom. The van der Waals surface area contributed by atoms with Crippen LogP contribution in [0.25, 0.3) is 11.1 Å². The van der Waals surface area contributed by atoms with Gasteiger partial charge >= 0.3 is 0 Å². The number of hydrogen-bond donors (Lipinski definition) is 2. The predicted molar refractivity (Wildman–Crippen MR) is 73.2 cm³/mol. The molecular formula is C14H17N3O3. The summed E-state index contributed by atoms with van der Waals surface area (Å²) in [5.41, 5.74) is 5.25. The minimum atomic E-state index is -0.286. The Morgan fingerprint density at radius 1 is 1.25 bits per heavy atom. The molecule has 1 fully saturated rings. The van der Waals surface area contributed by atoms with Crippen molar-refractivity contribution in [1.82, 2.24) is 15.8 Å². The average molecular weight is 275 g/mol. The Labute approximate surface area is 117 Å². The molecule has 0 aromatic rings. The number of carbonyl (C=O) groups excluding carboxylic acids is 3. The quantitative estimate of drug-likeness (QED) is 0.798. The van der Waals surface area contributed by atoms with E-state index in [4.69, 9.17) is 0 Å². The Bertz CT molecular complexity index is 539. The molecule has 2 N–H and O–H groups in total. The van der Waals surface area contributed by atoms with Crippen LogP contribution in [-0.4, -0.2) is 35.3 Å². The second-order valence-electron chi connectivity index (χ2n) is 4.81. The molecule has 6 nitrogen and oxygen atoms in total. The zero-order valence-electron chi connectivity index (χ0n) is 11.5. The van der Waals surface area contributed by atoms with Crippen LogP contribution < -0.4 is 10.7 Å². The van der Waals surface area contributed by atoms with Crippen molar-refractivity contribution in [2.24, 2.45) is 0 Å². The molecule has 0 radical (unpaired) electrons. The highest BCUT2D eigenvalue weighted by Gasteiger charge is 2.36. The lowest BCUT2D eigenvalue weighted by Gasteiger charge is -2.39. The van der Waals surface area contributed by atoms with Crippen molar-refractivity contribution in [3.8, 4) is 11.1 Å². The number of fused-ring (bicyclic) bond motifs is 1. The van der Waals surface area contributed by atoms with E-state index in [-0.39, 0.29) is 23.8 Å². The molecule has 1 heterocycles. The molecule has 0 spiro atoms. The SMILES string of the molecule is CC(=O)NCC1CC(=O)N1NC(C)=O.c1cc2cc-2c1. The monoisotopic (exact) mass is 275 g/mol. The molecule has 3 amide bonds. The van der Waals surface area contributed by atoms with E-state index in [2.05, 4.69) is 35.0 Å². The maximum Gasteiger partial charge on any atom is 0.243 e. The molecular weight excluding hydrogens is 258 g/mol. The van der Waals surface area contributed by atoms with Crippen LogP contribution >= 0.6 is 0 Å². The zero-order valence-corrected chi connectivity index (χ0v) is 11.5. The molecule has 0 saturated carbocycles. The molecule has 1 atom stereocenters. The van der Waals surface area contributed by atoms with Gasteiger partial charge in [-0.2, -0.15) is 0 Å². The van der Waals surface area contributed by atoms with Crippen LogP contribution in [0.2, 0.25) is 0 Å². The van der Waals surface area contributed by atoms with Crippen molar-refractivity contribution in [2.75, 3.05) is 6.54 Å². The normalized spacial score (nSPS) is 17.4. The van der Waals surface area contributed by atoms with Crippen LogP contribution in [0.15, 0.2) is 24.3 Å². The number of nitrogens with zero attached hydrogens (tertiary/aromatic N) is 1. The molecule has 2 aliphatic carbocycles. The first-order chi connectivity index (χ1) is 9.47. The molecule has 0 bridgehead atoms. The molecule has 20 heavy (non-hydrogen) atoms. The largest absolute Gasteiger partial charge is 0.354 e. The highest BCUT2D eigenvalue weighted by atomic mass is 16.2. The van der Waals surface area contributed by atoms with Gasteiger partial charge in [0.1, 0.15) is 0 Å². The van der Waals surface area contributed by atoms with Gasteiger partial charge < -0.3 is 5.32 Å². The van der Waals surface area contributed by atoms with Crippen molar-refractivity contribution in [2.45, 2.75) is 26.3 Å². The van der Waals surface area contributed by atoms with Crippen LogP contribution in [-0.2, 0) is 14.4 Å². The van der Waals surface area contributed by atoms with Gasteiger partial charge in [-0.15, -0.1) is 0 Å². The Morgan fingerprint density at radius 2 is 1.90 bits per heavy atom. The van der Waals surface area contributed by atoms with E-state index in [0.717, 1.165) is 0 Å². The fourth-order valence-electron chi connectivity index (χ4n) is 1.91. The van der Waals surface area contributed by atoms with Crippen LogP contribution in [0, 0.1) is 0 Å². The van der Waals surface area contributed by atoms with E-state index < -0.39 is 0 Å². The van der Waals surface area contributed by atoms with Crippen molar-refractivity contribution in [3.63, 3.8) is 0 Å². The fourth-order valence-corrected chi connectivity index (χ4v) is 1.91. The van der Waals surface area contributed by atoms with Gasteiger partial charge in [0.2, 0.25) is 17.7 Å². The number of rotatable bonds is 3. The number of carbonyl (C=O) groups is 3. The molecule has 1 saturated heterocycles. The fraction of sp³-hybridized carbons (Fsp3) is 0.357. The van der Waals surface area contributed by atoms with Crippen molar-refractivity contribution < 1.29 is 14.4 Å². The standard InChI is InChI=1S/C8H13N3O3.C6H4/c1-5(12)9-4-7-3-8(14)11(7)10-6(2)13;1-2-5-4-6(5)3-1/h7H,3-4H2,1-2H3,(H,9,12)(H,10,13);1-4H. The van der Waals surface area contributed by atoms with Gasteiger partial charge in [0, 0.05) is 20.4 Å². The lowest BCUT2D eigenvalue weighted by atomic mass is 10.1. The van der Waals surface area contributed by atoms with Gasteiger partial charge in [-0.1, -0.05) is 18.2 Å². The summed E-state index contributed by atoms with van der Waals surface area (Å²) in [6.45, 7) is 3.12. The van der Waals surface area contributed by atoms with Crippen LogP contribution in [0.1, 0.15) is 20.3 Å². The molecule has 3 rings (SSSR count). The summed E-state index contributed by atoms with van der Waals surface area (Å²) in [5.74, 6) is -0.562. The van der Waals surface area contributed by atoms with Gasteiger partial charge in [0.15, 0.2) is 0 Å². The minimum absolute atomic E-state index is 0.115. The van der Waals surface area contributed by atoms with Crippen LogP contribution in [0.4, 0.5) is 0 Å². The third-order valence-electron chi connectivity index (χ3n) is 3.02. The third kappa shape index (κ3) is 3.57. The van der Waals surface area contributed by atoms with E-state index in [0.29, 0.717) is 13.0 Å². The maximum absolute atomic E-state index is 11.0. The maximum atomic E-state index is 11.0. The van der Waals surface area contributed by atoms with E-state index >= 15 is 0 Å². The number of amides is 3. The van der Waals surface area contributed by atoms with Gasteiger partial charge in [-0.25, -0.2) is 5.01 Å². The predicted octanol–water partition coefficient (Wildman–Crippen LogP) is 0.442. The smallest absolute Gasteiger partial charge is 0.243 e. The highest BCUT2D eigenvalue weighted by Crippen LogP contribution is 2.32. The second-order valence-corrected chi connectivity index (χ2v) is 4.81. The number of nitrogens with one attached hydrogen (secondary N) is 2. The highest BCUT2D eigenvalue weighted by molar-refractivity contribution is 5.86. The Kier molecular flexibility index (Phi) is 4.02. The lowest BCUT2D eigenvalue weighted by Crippen LogP contribution is -2.63. The summed E-state index contributed by atoms with van der Waals surface area (Å²) in [5, 5.41) is 3.84. The topological polar surface area (TPSA) is 78.5 Å². The van der Waals surface area contributed by atoms with Crippen molar-refractivity contribution in [3.05, 3.63) is 24.3 Å². The van der Waals surface area contributed by atoms with E-state index in [9.17, 15) is 14.4 Å². The minimum Gasteiger partial charge on any atom is -0.354 e. The Hall–Kier alpha value is -2.37. The molecule has 1 aliphatic heterocycles. The average Bonchev–Trinajstić information content (AvgIpc) is 2.98. The summed E-state index contributed by atoms with van der Waals surface area (Å²) >= 11 is 0. The molecule has 6 heteroatoms. The Balaban J connectivity index is 0.000000198. The van der Waals surface area contributed by atoms with E-state index in [1.165, 1.54) is 30.0 Å². The third-order valence-corrected chi connectivity index (χ3v) is 3.02. The number of hydrogen-bond acceptors (Lipinski definition) is 3. The molecule has 0 aromatic carbocycles. The molecule has 1 unspecified atom stereocenters. The van der Waals surface area contributed by atoms with E-state index in [1.807, 2.05) is 0 Å². The van der Waals surface area contributed by atoms with Crippen LogP contribution in [0.5, 0.6) is 0 Å². The lowest BCUT2D eigenvalue weighted by molar-refractivity contribution is -0.156. The molecule has 3 aliphatic rings. The van der Waals surface area contributed by atoms with Gasteiger partial charge in [0.25, 0.3) is 0 Å². The summed E-state index contributed by atoms with van der Waals surface area (Å²) in [6.07, 6.45) is 0.362. The molecule has 0 aromatic heterocycles. The first-order valence-corrected chi connectivity index (χ1v) is 6.41. The van der Waals surface area contributed by atoms with Gasteiger partial charge in [0.05, 0.1) is 12.5 Å². The van der Waals surface area contributed by atoms with Crippen molar-refractivity contribution >= 4 is 17.7 Å². The number of benzene rings is 1. The van der Waals surface area contributed by atoms with E-state index in [1.54, 1.807) is 0 Å². The second kappa shape index (κ2) is 5.73. The summed E-state index contributed by atoms with van der Waals surface area (Å²) < 4.78 is 0. The first-order valence-electron chi connectivity index (χ1n) is 6.41. The summed E-state index contributed by atoms with van der Waals surface area (Å²) in [4.78, 5) is 32.3. The van der Waals surface area contributed by atoms with Gasteiger partial charge in [-0.3, -0.25) is 19.8 Å². The number of β-lactam (4-membered cyclic amide) rings is 1. The van der Waals surface area contributed by atoms with Crippen LogP contribution in [0.3, 0.4) is 0 Å². The summed E-state index contributed by atoms with van der Waals surface area (Å²) in [6, 6.07) is 8.37. The molecule has 106 valence electrons. The number of hydrazine groups is 1. The summed E-state index contributed by atoms with van der Waals surface area (Å²) in [7, 11) is 0. The zero-order chi connectivity index (χ0) is 14.7. The van der Waals surface area contributed by atoms with Gasteiger partial charge in [-0.05, 0) is 17.2 Å². The van der Waals surface area contributed by atoms with Crippen molar-refractivity contribution in [1.29, 1.82) is 0 Å². The first kappa shape index (κ1) is 14.0.